The summed E-state index contributed by atoms with van der Waals surface area (Å²) >= 11 is 0. The third kappa shape index (κ3) is 0.956. The van der Waals surface area contributed by atoms with E-state index in [1.54, 1.807) is 6.92 Å². The Morgan fingerprint density at radius 3 is 1.75 bits per heavy atom. The van der Waals surface area contributed by atoms with Crippen LogP contribution in [0.15, 0.2) is 0 Å². The van der Waals surface area contributed by atoms with Crippen molar-refractivity contribution in [2.45, 2.75) is 19.5 Å². The summed E-state index contributed by atoms with van der Waals surface area (Å²) in [5, 5.41) is 0. The molecule has 0 saturated heterocycles. The highest BCUT2D eigenvalue weighted by Gasteiger charge is 2.52. The quantitative estimate of drug-likeness (QED) is 0.464. The van der Waals surface area contributed by atoms with E-state index in [9.17, 15) is 13.2 Å². The van der Waals surface area contributed by atoms with E-state index in [2.05, 4.69) is 0 Å². The van der Waals surface area contributed by atoms with Gasteiger partial charge in [-0.25, -0.2) is 0 Å². The highest BCUT2D eigenvalue weighted by molar-refractivity contribution is 4.87. The maximum absolute atomic E-state index is 11.5. The standard InChI is InChI=1S/C5H7F3/c1-3-2-4(3)5(6,7)8/h3-4H,2H2,1H3/t3?,4-/m0/s1. The van der Waals surface area contributed by atoms with Gasteiger partial charge in [0.15, 0.2) is 0 Å². The molecule has 0 N–H and O–H groups in total. The predicted molar refractivity (Wildman–Crippen MR) is 23.3 cm³/mol. The van der Waals surface area contributed by atoms with E-state index in [0.29, 0.717) is 6.42 Å². The van der Waals surface area contributed by atoms with Gasteiger partial charge in [-0.1, -0.05) is 6.92 Å². The van der Waals surface area contributed by atoms with Crippen LogP contribution in [0, 0.1) is 11.8 Å². The smallest absolute Gasteiger partial charge is 0.171 e. The Morgan fingerprint density at radius 1 is 1.38 bits per heavy atom. The first-order valence-electron chi connectivity index (χ1n) is 2.58. The summed E-state index contributed by atoms with van der Waals surface area (Å²) in [5.41, 5.74) is 0. The molecule has 3 heteroatoms. The minimum absolute atomic E-state index is 0.116. The van der Waals surface area contributed by atoms with Crippen LogP contribution in [-0.4, -0.2) is 6.18 Å². The minimum Gasteiger partial charge on any atom is -0.171 e. The lowest BCUT2D eigenvalue weighted by atomic mass is 10.3. The van der Waals surface area contributed by atoms with E-state index in [0.717, 1.165) is 0 Å². The summed E-state index contributed by atoms with van der Waals surface area (Å²) in [4.78, 5) is 0. The van der Waals surface area contributed by atoms with Crippen molar-refractivity contribution >= 4 is 0 Å². The van der Waals surface area contributed by atoms with Crippen molar-refractivity contribution in [3.63, 3.8) is 0 Å². The van der Waals surface area contributed by atoms with Gasteiger partial charge in [-0.2, -0.15) is 13.2 Å². The second-order valence-corrected chi connectivity index (χ2v) is 2.36. The molecule has 0 amide bonds. The van der Waals surface area contributed by atoms with E-state index in [4.69, 9.17) is 0 Å². The van der Waals surface area contributed by atoms with Crippen LogP contribution >= 0.6 is 0 Å². The molecular formula is C5H7F3. The van der Waals surface area contributed by atoms with Crippen molar-refractivity contribution in [2.75, 3.05) is 0 Å². The molecule has 1 fully saturated rings. The molecule has 48 valence electrons. The molecule has 1 rings (SSSR count). The van der Waals surface area contributed by atoms with Gasteiger partial charge in [0.25, 0.3) is 0 Å². The summed E-state index contributed by atoms with van der Waals surface area (Å²) in [6, 6.07) is 0. The predicted octanol–water partition coefficient (Wildman–Crippen LogP) is 2.20. The van der Waals surface area contributed by atoms with E-state index in [1.807, 2.05) is 0 Å². The molecule has 2 atom stereocenters. The van der Waals surface area contributed by atoms with Gasteiger partial charge in [0, 0.05) is 0 Å². The number of alkyl halides is 3. The lowest BCUT2D eigenvalue weighted by molar-refractivity contribution is -0.150. The van der Waals surface area contributed by atoms with E-state index in [1.165, 1.54) is 0 Å². The zero-order valence-electron chi connectivity index (χ0n) is 4.50. The summed E-state index contributed by atoms with van der Waals surface area (Å²) in [6.45, 7) is 1.62. The molecule has 0 aliphatic heterocycles. The highest BCUT2D eigenvalue weighted by atomic mass is 19.4. The number of rotatable bonds is 0. The Bertz CT molecular complexity index is 94.3. The Balaban J connectivity index is 2.39. The SMILES string of the molecule is CC1C[C@@H]1C(F)(F)F. The monoisotopic (exact) mass is 124 g/mol. The summed E-state index contributed by atoms with van der Waals surface area (Å²) in [7, 11) is 0. The van der Waals surface area contributed by atoms with Gasteiger partial charge in [0.05, 0.1) is 5.92 Å². The first-order valence-corrected chi connectivity index (χ1v) is 2.58. The van der Waals surface area contributed by atoms with Crippen LogP contribution in [0.25, 0.3) is 0 Å². The fourth-order valence-corrected chi connectivity index (χ4v) is 0.778. The van der Waals surface area contributed by atoms with Gasteiger partial charge < -0.3 is 0 Å². The maximum Gasteiger partial charge on any atom is 0.392 e. The molecule has 0 spiro atoms. The molecule has 0 radical (unpaired) electrons. The van der Waals surface area contributed by atoms with Crippen molar-refractivity contribution in [1.29, 1.82) is 0 Å². The Kier molecular flexibility index (Phi) is 1.03. The van der Waals surface area contributed by atoms with Crippen molar-refractivity contribution < 1.29 is 13.2 Å². The average molecular weight is 124 g/mol. The van der Waals surface area contributed by atoms with Crippen molar-refractivity contribution in [2.24, 2.45) is 11.8 Å². The zero-order valence-corrected chi connectivity index (χ0v) is 4.50. The Hall–Kier alpha value is -0.210. The normalized spacial score (nSPS) is 37.5. The third-order valence-electron chi connectivity index (χ3n) is 1.53. The molecular weight excluding hydrogens is 117 g/mol. The van der Waals surface area contributed by atoms with Crippen LogP contribution in [0.2, 0.25) is 0 Å². The first kappa shape index (κ1) is 5.92. The lowest BCUT2D eigenvalue weighted by Gasteiger charge is -2.01. The molecule has 0 aromatic rings. The van der Waals surface area contributed by atoms with Crippen molar-refractivity contribution in [1.82, 2.24) is 0 Å². The van der Waals surface area contributed by atoms with Crippen LogP contribution in [0.5, 0.6) is 0 Å². The number of hydrogen-bond acceptors (Lipinski definition) is 0. The molecule has 0 heterocycles. The van der Waals surface area contributed by atoms with Crippen LogP contribution in [0.4, 0.5) is 13.2 Å². The maximum atomic E-state index is 11.5. The fourth-order valence-electron chi connectivity index (χ4n) is 0.778. The molecule has 1 aliphatic carbocycles. The van der Waals surface area contributed by atoms with Crippen LogP contribution in [0.1, 0.15) is 13.3 Å². The van der Waals surface area contributed by atoms with Gasteiger partial charge >= 0.3 is 6.18 Å². The highest BCUT2D eigenvalue weighted by Crippen LogP contribution is 2.49. The van der Waals surface area contributed by atoms with Gasteiger partial charge in [0.1, 0.15) is 0 Å². The van der Waals surface area contributed by atoms with Crippen LogP contribution < -0.4 is 0 Å². The molecule has 0 nitrogen and oxygen atoms in total. The minimum atomic E-state index is -3.92. The number of hydrogen-bond donors (Lipinski definition) is 0. The van der Waals surface area contributed by atoms with E-state index < -0.39 is 12.1 Å². The van der Waals surface area contributed by atoms with E-state index >= 15 is 0 Å². The van der Waals surface area contributed by atoms with Gasteiger partial charge in [-0.15, -0.1) is 0 Å². The summed E-state index contributed by atoms with van der Waals surface area (Å²) < 4.78 is 34.5. The summed E-state index contributed by atoms with van der Waals surface area (Å²) in [6.07, 6.45) is -3.58. The molecule has 0 bridgehead atoms. The van der Waals surface area contributed by atoms with E-state index in [-0.39, 0.29) is 5.92 Å². The molecule has 1 saturated carbocycles. The zero-order chi connectivity index (χ0) is 6.36. The Morgan fingerprint density at radius 2 is 1.75 bits per heavy atom. The topological polar surface area (TPSA) is 0 Å². The number of halogens is 3. The third-order valence-corrected chi connectivity index (χ3v) is 1.53. The fraction of sp³-hybridized carbons (Fsp3) is 1.00. The molecule has 0 aromatic carbocycles. The van der Waals surface area contributed by atoms with Crippen LogP contribution in [0.3, 0.4) is 0 Å². The van der Waals surface area contributed by atoms with Gasteiger partial charge in [-0.3, -0.25) is 0 Å². The molecule has 1 unspecified atom stereocenters. The van der Waals surface area contributed by atoms with Crippen molar-refractivity contribution in [3.05, 3.63) is 0 Å². The average Bonchev–Trinajstić information content (AvgIpc) is 2.13. The Labute approximate surface area is 45.7 Å². The van der Waals surface area contributed by atoms with Crippen LogP contribution in [-0.2, 0) is 0 Å². The first-order chi connectivity index (χ1) is 3.52. The largest absolute Gasteiger partial charge is 0.392 e. The second kappa shape index (κ2) is 1.39. The summed E-state index contributed by atoms with van der Waals surface area (Å²) in [5.74, 6) is -1.10. The van der Waals surface area contributed by atoms with Crippen molar-refractivity contribution in [3.8, 4) is 0 Å². The molecule has 0 aromatic heterocycles. The van der Waals surface area contributed by atoms with Gasteiger partial charge in [-0.05, 0) is 12.3 Å². The molecule has 8 heavy (non-hydrogen) atoms. The van der Waals surface area contributed by atoms with Gasteiger partial charge in [0.2, 0.25) is 0 Å². The lowest BCUT2D eigenvalue weighted by Crippen LogP contribution is -2.10. The second-order valence-electron chi connectivity index (χ2n) is 2.36. The molecule has 1 aliphatic rings.